The third kappa shape index (κ3) is 3.42. The second-order valence-corrected chi connectivity index (χ2v) is 4.40. The molecule has 17 heavy (non-hydrogen) atoms. The molecule has 4 nitrogen and oxygen atoms in total. The lowest BCUT2D eigenvalue weighted by Gasteiger charge is -2.07. The van der Waals surface area contributed by atoms with Gasteiger partial charge in [-0.05, 0) is 27.9 Å². The van der Waals surface area contributed by atoms with Crippen molar-refractivity contribution >= 4 is 27.6 Å². The van der Waals surface area contributed by atoms with Crippen molar-refractivity contribution in [2.24, 2.45) is 0 Å². The van der Waals surface area contributed by atoms with E-state index in [1.165, 1.54) is 5.56 Å². The molecule has 0 spiro atoms. The summed E-state index contributed by atoms with van der Waals surface area (Å²) in [6.07, 6.45) is 2.55. The molecular formula is C12H13BrN4. The van der Waals surface area contributed by atoms with Gasteiger partial charge in [0.1, 0.15) is 4.60 Å². The third-order valence-electron chi connectivity index (χ3n) is 2.32. The van der Waals surface area contributed by atoms with Crippen LogP contribution in [0.2, 0.25) is 0 Å². The number of nitrogens with one attached hydrogen (secondary N) is 1. The van der Waals surface area contributed by atoms with Crippen LogP contribution in [-0.4, -0.2) is 16.5 Å². The van der Waals surface area contributed by atoms with Gasteiger partial charge in [0.15, 0.2) is 11.6 Å². The van der Waals surface area contributed by atoms with Gasteiger partial charge in [-0.25, -0.2) is 9.97 Å². The number of nitrogens with zero attached hydrogens (tertiary/aromatic N) is 2. The second kappa shape index (κ2) is 5.63. The molecule has 0 bridgehead atoms. The number of nitrogens with two attached hydrogens (primary N) is 1. The monoisotopic (exact) mass is 292 g/mol. The molecule has 0 saturated heterocycles. The first-order valence-corrected chi connectivity index (χ1v) is 6.11. The zero-order valence-electron chi connectivity index (χ0n) is 9.23. The molecule has 2 rings (SSSR count). The summed E-state index contributed by atoms with van der Waals surface area (Å²) in [7, 11) is 0. The van der Waals surface area contributed by atoms with Gasteiger partial charge in [0.25, 0.3) is 0 Å². The summed E-state index contributed by atoms with van der Waals surface area (Å²) in [5.74, 6) is 1.04. The fourth-order valence-corrected chi connectivity index (χ4v) is 1.78. The van der Waals surface area contributed by atoms with Crippen molar-refractivity contribution in [2.45, 2.75) is 6.42 Å². The normalized spacial score (nSPS) is 10.2. The first-order valence-electron chi connectivity index (χ1n) is 5.31. The van der Waals surface area contributed by atoms with Gasteiger partial charge >= 0.3 is 0 Å². The lowest BCUT2D eigenvalue weighted by atomic mass is 10.1. The molecule has 5 heteroatoms. The van der Waals surface area contributed by atoms with Gasteiger partial charge in [0, 0.05) is 6.54 Å². The molecule has 88 valence electrons. The topological polar surface area (TPSA) is 63.8 Å². The van der Waals surface area contributed by atoms with Crippen LogP contribution >= 0.6 is 15.9 Å². The molecule has 3 N–H and O–H groups in total. The zero-order valence-corrected chi connectivity index (χ0v) is 10.8. The van der Waals surface area contributed by atoms with Crippen LogP contribution in [0.1, 0.15) is 5.56 Å². The highest BCUT2D eigenvalue weighted by molar-refractivity contribution is 9.10. The molecule has 2 aromatic rings. The minimum Gasteiger partial charge on any atom is -0.381 e. The number of hydrogen-bond acceptors (Lipinski definition) is 4. The van der Waals surface area contributed by atoms with E-state index in [1.54, 1.807) is 6.20 Å². The van der Waals surface area contributed by atoms with Gasteiger partial charge < -0.3 is 11.1 Å². The third-order valence-corrected chi connectivity index (χ3v) is 2.70. The highest BCUT2D eigenvalue weighted by Crippen LogP contribution is 2.15. The molecule has 0 atom stereocenters. The predicted molar refractivity (Wildman–Crippen MR) is 72.8 cm³/mol. The van der Waals surface area contributed by atoms with Crippen molar-refractivity contribution < 1.29 is 0 Å². The van der Waals surface area contributed by atoms with Crippen molar-refractivity contribution in [3.63, 3.8) is 0 Å². The maximum absolute atomic E-state index is 5.73. The fourth-order valence-electron chi connectivity index (χ4n) is 1.49. The van der Waals surface area contributed by atoms with E-state index in [0.717, 1.165) is 13.0 Å². The maximum Gasteiger partial charge on any atom is 0.169 e. The van der Waals surface area contributed by atoms with Crippen molar-refractivity contribution in [1.82, 2.24) is 9.97 Å². The Labute approximate surface area is 108 Å². The lowest BCUT2D eigenvalue weighted by molar-refractivity contribution is 0.999. The molecule has 0 unspecified atom stereocenters. The minimum atomic E-state index is 0.410. The number of anilines is 2. The first kappa shape index (κ1) is 11.9. The summed E-state index contributed by atoms with van der Waals surface area (Å²) in [5, 5.41) is 3.17. The number of aromatic nitrogens is 2. The van der Waals surface area contributed by atoms with Crippen LogP contribution in [0.5, 0.6) is 0 Å². The Hall–Kier alpha value is -1.62. The van der Waals surface area contributed by atoms with Crippen LogP contribution in [0, 0.1) is 0 Å². The van der Waals surface area contributed by atoms with Crippen LogP contribution in [0.3, 0.4) is 0 Å². The smallest absolute Gasteiger partial charge is 0.169 e. The van der Waals surface area contributed by atoms with Gasteiger partial charge in [-0.15, -0.1) is 0 Å². The standard InChI is InChI=1S/C12H13BrN4/c13-10-8-16-12(11(14)17-10)15-7-6-9-4-2-1-3-5-9/h1-5,8H,6-7H2,(H2,14,17)(H,15,16). The Morgan fingerprint density at radius 1 is 1.24 bits per heavy atom. The molecule has 0 aliphatic carbocycles. The molecule has 1 aromatic carbocycles. The Morgan fingerprint density at radius 3 is 2.71 bits per heavy atom. The molecule has 0 radical (unpaired) electrons. The summed E-state index contributed by atoms with van der Waals surface area (Å²) in [4.78, 5) is 8.23. The maximum atomic E-state index is 5.73. The van der Waals surface area contributed by atoms with E-state index in [1.807, 2.05) is 18.2 Å². The molecule has 0 aliphatic rings. The SMILES string of the molecule is Nc1nc(Br)cnc1NCCc1ccccc1. The molecule has 1 aromatic heterocycles. The van der Waals surface area contributed by atoms with Gasteiger partial charge in [-0.1, -0.05) is 30.3 Å². The quantitative estimate of drug-likeness (QED) is 0.909. The van der Waals surface area contributed by atoms with Gasteiger partial charge in [-0.2, -0.15) is 0 Å². The molecule has 0 amide bonds. The van der Waals surface area contributed by atoms with Crippen molar-refractivity contribution in [1.29, 1.82) is 0 Å². The summed E-state index contributed by atoms with van der Waals surface area (Å²) >= 11 is 3.22. The number of benzene rings is 1. The Morgan fingerprint density at radius 2 is 2.00 bits per heavy atom. The number of halogens is 1. The van der Waals surface area contributed by atoms with E-state index in [-0.39, 0.29) is 0 Å². The van der Waals surface area contributed by atoms with Gasteiger partial charge in [-0.3, -0.25) is 0 Å². The first-order chi connectivity index (χ1) is 8.25. The second-order valence-electron chi connectivity index (χ2n) is 3.59. The fraction of sp³-hybridized carbons (Fsp3) is 0.167. The Kier molecular flexibility index (Phi) is 3.93. The molecule has 0 saturated carbocycles. The van der Waals surface area contributed by atoms with Crippen LogP contribution in [-0.2, 0) is 6.42 Å². The number of nitrogen functional groups attached to an aromatic ring is 1. The van der Waals surface area contributed by atoms with E-state index < -0.39 is 0 Å². The summed E-state index contributed by atoms with van der Waals surface area (Å²) in [6, 6.07) is 10.3. The largest absolute Gasteiger partial charge is 0.381 e. The van der Waals surface area contributed by atoms with E-state index in [4.69, 9.17) is 5.73 Å². The summed E-state index contributed by atoms with van der Waals surface area (Å²) in [6.45, 7) is 0.782. The van der Waals surface area contributed by atoms with Crippen LogP contribution in [0.25, 0.3) is 0 Å². The van der Waals surface area contributed by atoms with Crippen LogP contribution < -0.4 is 11.1 Å². The van der Waals surface area contributed by atoms with Crippen molar-refractivity contribution in [3.8, 4) is 0 Å². The summed E-state index contributed by atoms with van der Waals surface area (Å²) < 4.78 is 0.642. The Balaban J connectivity index is 1.90. The average Bonchev–Trinajstić information content (AvgIpc) is 2.33. The molecular weight excluding hydrogens is 280 g/mol. The number of hydrogen-bond donors (Lipinski definition) is 2. The Bertz CT molecular complexity index is 487. The molecule has 0 fully saturated rings. The van der Waals surface area contributed by atoms with Crippen molar-refractivity contribution in [2.75, 3.05) is 17.6 Å². The highest BCUT2D eigenvalue weighted by Gasteiger charge is 2.02. The minimum absolute atomic E-state index is 0.410. The van der Waals surface area contributed by atoms with E-state index in [0.29, 0.717) is 16.2 Å². The van der Waals surface area contributed by atoms with Crippen LogP contribution in [0.15, 0.2) is 41.1 Å². The zero-order chi connectivity index (χ0) is 12.1. The predicted octanol–water partition coefficient (Wildman–Crippen LogP) is 2.48. The number of rotatable bonds is 4. The van der Waals surface area contributed by atoms with E-state index in [9.17, 15) is 0 Å². The van der Waals surface area contributed by atoms with Gasteiger partial charge in [0.05, 0.1) is 6.20 Å². The van der Waals surface area contributed by atoms with E-state index >= 15 is 0 Å². The average molecular weight is 293 g/mol. The van der Waals surface area contributed by atoms with Crippen LogP contribution in [0.4, 0.5) is 11.6 Å². The lowest BCUT2D eigenvalue weighted by Crippen LogP contribution is -2.09. The highest BCUT2D eigenvalue weighted by atomic mass is 79.9. The molecule has 0 aliphatic heterocycles. The van der Waals surface area contributed by atoms with Gasteiger partial charge in [0.2, 0.25) is 0 Å². The molecule has 1 heterocycles. The summed E-state index contributed by atoms with van der Waals surface area (Å²) in [5.41, 5.74) is 7.02. The van der Waals surface area contributed by atoms with E-state index in [2.05, 4.69) is 43.3 Å². The van der Waals surface area contributed by atoms with Crippen molar-refractivity contribution in [3.05, 3.63) is 46.7 Å².